The maximum atomic E-state index is 4.38. The highest BCUT2D eigenvalue weighted by atomic mass is 32.1. The lowest BCUT2D eigenvalue weighted by Crippen LogP contribution is -2.12. The van der Waals surface area contributed by atoms with Crippen LogP contribution < -0.4 is 10.6 Å². The smallest absolute Gasteiger partial charge is 0.205 e. The molecule has 2 aromatic rings. The molecule has 120 valence electrons. The molecule has 22 heavy (non-hydrogen) atoms. The van der Waals surface area contributed by atoms with Gasteiger partial charge in [0.1, 0.15) is 10.0 Å². The number of hydrogen-bond donors (Lipinski definition) is 2. The van der Waals surface area contributed by atoms with E-state index in [0.29, 0.717) is 11.8 Å². The maximum Gasteiger partial charge on any atom is 0.205 e. The standard InChI is InChI=1S/C14H22N6S2/c1-3-15-13-19-17-11(21-13)9-6-5-7-10(8-9)12-18-20-14(22-12)16-4-2/h9-10H,3-8H2,1-2H3,(H,15,19)(H,16,20)/t9-,10-/m0/s1. The van der Waals surface area contributed by atoms with Gasteiger partial charge in [-0.2, -0.15) is 0 Å². The van der Waals surface area contributed by atoms with Gasteiger partial charge in [-0.25, -0.2) is 0 Å². The molecule has 0 radical (unpaired) electrons. The van der Waals surface area contributed by atoms with E-state index in [4.69, 9.17) is 0 Å². The summed E-state index contributed by atoms with van der Waals surface area (Å²) in [5, 5.41) is 27.9. The van der Waals surface area contributed by atoms with Gasteiger partial charge in [0.25, 0.3) is 0 Å². The molecule has 2 atom stereocenters. The van der Waals surface area contributed by atoms with Crippen LogP contribution in [0.1, 0.15) is 61.4 Å². The lowest BCUT2D eigenvalue weighted by molar-refractivity contribution is 0.390. The SMILES string of the molecule is CCNc1nnc([C@H]2CCC[C@H](c3nnc(NCC)s3)C2)s1. The summed E-state index contributed by atoms with van der Waals surface area (Å²) in [6.45, 7) is 5.93. The highest BCUT2D eigenvalue weighted by Gasteiger charge is 2.29. The molecular formula is C14H22N6S2. The van der Waals surface area contributed by atoms with E-state index in [1.165, 1.54) is 19.3 Å². The zero-order valence-electron chi connectivity index (χ0n) is 13.0. The molecule has 0 amide bonds. The van der Waals surface area contributed by atoms with E-state index in [2.05, 4.69) is 44.9 Å². The Kier molecular flexibility index (Phi) is 5.20. The molecule has 2 heterocycles. The van der Waals surface area contributed by atoms with Crippen LogP contribution in [0.4, 0.5) is 10.3 Å². The molecule has 0 aliphatic heterocycles. The monoisotopic (exact) mass is 338 g/mol. The van der Waals surface area contributed by atoms with Gasteiger partial charge in [0.05, 0.1) is 0 Å². The van der Waals surface area contributed by atoms with Crippen LogP contribution in [0.5, 0.6) is 0 Å². The number of rotatable bonds is 6. The van der Waals surface area contributed by atoms with Gasteiger partial charge in [0.2, 0.25) is 10.3 Å². The summed E-state index contributed by atoms with van der Waals surface area (Å²) < 4.78 is 0. The minimum atomic E-state index is 0.509. The average Bonchev–Trinajstić information content (AvgIpc) is 3.18. The number of nitrogens with one attached hydrogen (secondary N) is 2. The van der Waals surface area contributed by atoms with Crippen molar-refractivity contribution in [3.63, 3.8) is 0 Å². The molecule has 0 unspecified atom stereocenters. The van der Waals surface area contributed by atoms with E-state index >= 15 is 0 Å². The summed E-state index contributed by atoms with van der Waals surface area (Å²) in [7, 11) is 0. The van der Waals surface area contributed by atoms with Gasteiger partial charge in [0.15, 0.2) is 0 Å². The molecule has 2 N–H and O–H groups in total. The van der Waals surface area contributed by atoms with Crippen LogP contribution in [0, 0.1) is 0 Å². The summed E-state index contributed by atoms with van der Waals surface area (Å²) in [4.78, 5) is 0. The zero-order valence-corrected chi connectivity index (χ0v) is 14.6. The quantitative estimate of drug-likeness (QED) is 0.836. The van der Waals surface area contributed by atoms with E-state index in [0.717, 1.165) is 39.8 Å². The van der Waals surface area contributed by atoms with E-state index in [1.807, 2.05) is 0 Å². The molecule has 1 fully saturated rings. The van der Waals surface area contributed by atoms with Crippen LogP contribution in [-0.2, 0) is 0 Å². The first-order valence-electron chi connectivity index (χ1n) is 7.94. The van der Waals surface area contributed by atoms with Crippen molar-refractivity contribution in [2.45, 2.75) is 51.4 Å². The van der Waals surface area contributed by atoms with Crippen LogP contribution in [-0.4, -0.2) is 33.5 Å². The Morgan fingerprint density at radius 2 is 1.36 bits per heavy atom. The van der Waals surface area contributed by atoms with Gasteiger partial charge in [-0.3, -0.25) is 0 Å². The topological polar surface area (TPSA) is 75.6 Å². The summed E-state index contributed by atoms with van der Waals surface area (Å²) in [6.07, 6.45) is 4.75. The summed E-state index contributed by atoms with van der Waals surface area (Å²) >= 11 is 3.39. The molecule has 0 saturated heterocycles. The van der Waals surface area contributed by atoms with Crippen LogP contribution in [0.3, 0.4) is 0 Å². The van der Waals surface area contributed by atoms with Crippen molar-refractivity contribution in [2.75, 3.05) is 23.7 Å². The second-order valence-corrected chi connectivity index (χ2v) is 7.53. The lowest BCUT2D eigenvalue weighted by atomic mass is 9.82. The fraction of sp³-hybridized carbons (Fsp3) is 0.714. The van der Waals surface area contributed by atoms with E-state index in [9.17, 15) is 0 Å². The summed E-state index contributed by atoms with van der Waals surface area (Å²) in [5.74, 6) is 1.02. The third-order valence-electron chi connectivity index (χ3n) is 3.91. The molecule has 0 bridgehead atoms. The molecule has 1 aliphatic carbocycles. The molecule has 6 nitrogen and oxygen atoms in total. The minimum Gasteiger partial charge on any atom is -0.360 e. The second-order valence-electron chi connectivity index (χ2n) is 5.51. The van der Waals surface area contributed by atoms with Crippen molar-refractivity contribution in [1.82, 2.24) is 20.4 Å². The van der Waals surface area contributed by atoms with Gasteiger partial charge in [-0.15, -0.1) is 20.4 Å². The van der Waals surface area contributed by atoms with Gasteiger partial charge in [-0.1, -0.05) is 29.1 Å². The fourth-order valence-corrected chi connectivity index (χ4v) is 4.80. The Labute approximate surface area is 138 Å². The van der Waals surface area contributed by atoms with Crippen LogP contribution >= 0.6 is 22.7 Å². The first kappa shape index (κ1) is 15.6. The van der Waals surface area contributed by atoms with Crippen molar-refractivity contribution in [3.05, 3.63) is 10.0 Å². The molecular weight excluding hydrogens is 316 g/mol. The predicted octanol–water partition coefficient (Wildman–Crippen LogP) is 3.69. The van der Waals surface area contributed by atoms with Gasteiger partial charge in [0, 0.05) is 24.9 Å². The Bertz CT molecular complexity index is 545. The van der Waals surface area contributed by atoms with Crippen molar-refractivity contribution in [2.24, 2.45) is 0 Å². The average molecular weight is 339 g/mol. The number of nitrogens with zero attached hydrogens (tertiary/aromatic N) is 4. The van der Waals surface area contributed by atoms with Crippen molar-refractivity contribution in [3.8, 4) is 0 Å². The fourth-order valence-electron chi connectivity index (χ4n) is 2.88. The third kappa shape index (κ3) is 3.55. The molecule has 0 spiro atoms. The summed E-state index contributed by atoms with van der Waals surface area (Å²) in [6, 6.07) is 0. The van der Waals surface area contributed by atoms with E-state index < -0.39 is 0 Å². The minimum absolute atomic E-state index is 0.509. The van der Waals surface area contributed by atoms with E-state index in [-0.39, 0.29) is 0 Å². The highest BCUT2D eigenvalue weighted by Crippen LogP contribution is 2.43. The van der Waals surface area contributed by atoms with Crippen molar-refractivity contribution in [1.29, 1.82) is 0 Å². The Balaban J connectivity index is 1.67. The first-order valence-corrected chi connectivity index (χ1v) is 9.58. The Morgan fingerprint density at radius 3 is 1.82 bits per heavy atom. The van der Waals surface area contributed by atoms with Crippen molar-refractivity contribution >= 4 is 32.9 Å². The highest BCUT2D eigenvalue weighted by molar-refractivity contribution is 7.15. The maximum absolute atomic E-state index is 4.38. The molecule has 2 aromatic heterocycles. The van der Waals surface area contributed by atoms with Gasteiger partial charge in [-0.05, 0) is 33.1 Å². The predicted molar refractivity (Wildman–Crippen MR) is 92.1 cm³/mol. The number of hydrogen-bond acceptors (Lipinski definition) is 8. The number of aromatic nitrogens is 4. The first-order chi connectivity index (χ1) is 10.8. The molecule has 3 rings (SSSR count). The van der Waals surface area contributed by atoms with Gasteiger partial charge >= 0.3 is 0 Å². The third-order valence-corrected chi connectivity index (χ3v) is 6.00. The van der Waals surface area contributed by atoms with Gasteiger partial charge < -0.3 is 10.6 Å². The zero-order chi connectivity index (χ0) is 15.4. The van der Waals surface area contributed by atoms with Crippen molar-refractivity contribution < 1.29 is 0 Å². The molecule has 1 aliphatic rings. The van der Waals surface area contributed by atoms with Crippen LogP contribution in [0.15, 0.2) is 0 Å². The Hall–Kier alpha value is -1.28. The number of anilines is 2. The molecule has 1 saturated carbocycles. The van der Waals surface area contributed by atoms with Crippen LogP contribution in [0.25, 0.3) is 0 Å². The normalized spacial score (nSPS) is 21.7. The lowest BCUT2D eigenvalue weighted by Gasteiger charge is -2.25. The molecule has 0 aromatic carbocycles. The Morgan fingerprint density at radius 1 is 0.864 bits per heavy atom. The van der Waals surface area contributed by atoms with Crippen LogP contribution in [0.2, 0.25) is 0 Å². The summed E-state index contributed by atoms with van der Waals surface area (Å²) in [5.41, 5.74) is 0. The second kappa shape index (κ2) is 7.32. The van der Waals surface area contributed by atoms with E-state index in [1.54, 1.807) is 22.7 Å². The molecule has 8 heteroatoms. The largest absolute Gasteiger partial charge is 0.360 e.